The third-order valence-electron chi connectivity index (χ3n) is 6.62. The number of nitrogens with one attached hydrogen (secondary N) is 1. The van der Waals surface area contributed by atoms with E-state index in [-0.39, 0.29) is 51.3 Å². The van der Waals surface area contributed by atoms with Crippen LogP contribution in [0.4, 0.5) is 17.6 Å². The van der Waals surface area contributed by atoms with Gasteiger partial charge in [-0.05, 0) is 53.4 Å². The zero-order chi connectivity index (χ0) is 29.3. The van der Waals surface area contributed by atoms with E-state index in [0.717, 1.165) is 11.1 Å². The number of carbonyl (C=O) groups excluding carboxylic acids is 1. The molecule has 2 aromatic heterocycles. The van der Waals surface area contributed by atoms with Gasteiger partial charge in [-0.2, -0.15) is 13.2 Å². The summed E-state index contributed by atoms with van der Waals surface area (Å²) in [6.45, 7) is -1.47. The average molecular weight is 568 g/mol. The van der Waals surface area contributed by atoms with Crippen molar-refractivity contribution in [2.24, 2.45) is 7.05 Å². The molecule has 0 atom stereocenters. The number of hydrogen-bond donors (Lipinski definition) is 2. The van der Waals surface area contributed by atoms with Gasteiger partial charge in [-0.1, -0.05) is 24.3 Å². The van der Waals surface area contributed by atoms with E-state index in [1.807, 2.05) is 5.32 Å². The maximum absolute atomic E-state index is 13.4. The van der Waals surface area contributed by atoms with Crippen LogP contribution in [0.25, 0.3) is 21.7 Å². The molecule has 11 heteroatoms. The number of aromatic nitrogens is 2. The monoisotopic (exact) mass is 567 g/mol. The Balaban J connectivity index is 1.67. The molecule has 0 aliphatic heterocycles. The van der Waals surface area contributed by atoms with Crippen LogP contribution in [0.3, 0.4) is 0 Å². The fourth-order valence-corrected chi connectivity index (χ4v) is 4.64. The quantitative estimate of drug-likeness (QED) is 0.223. The van der Waals surface area contributed by atoms with Gasteiger partial charge in [-0.15, -0.1) is 0 Å². The van der Waals surface area contributed by atoms with E-state index in [2.05, 4.69) is 4.98 Å². The van der Waals surface area contributed by atoms with Gasteiger partial charge in [0.2, 0.25) is 5.88 Å². The Morgan fingerprint density at radius 3 is 2.37 bits per heavy atom. The molecule has 3 aromatic carbocycles. The first-order valence-electron chi connectivity index (χ1n) is 12.5. The second-order valence-electron chi connectivity index (χ2n) is 9.53. The number of aromatic hydroxyl groups is 1. The number of methoxy groups -OCH3 is 1. The summed E-state index contributed by atoms with van der Waals surface area (Å²) in [7, 11) is 3.09. The number of benzene rings is 3. The Kier molecular flexibility index (Phi) is 7.44. The number of ether oxygens (including phenoxy) is 2. The average Bonchev–Trinajstić information content (AvgIpc) is 3.24. The first kappa shape index (κ1) is 27.8. The summed E-state index contributed by atoms with van der Waals surface area (Å²) in [4.78, 5) is 17.8. The maximum Gasteiger partial charge on any atom is 0.405 e. The van der Waals surface area contributed by atoms with Crippen LogP contribution in [0.1, 0.15) is 27.0 Å². The van der Waals surface area contributed by atoms with E-state index in [9.17, 15) is 27.5 Å². The van der Waals surface area contributed by atoms with Crippen molar-refractivity contribution in [2.45, 2.75) is 19.2 Å². The Hall–Kier alpha value is -4.80. The SMILES string of the molecule is COc1ccc(COc2c3ncc(Cc4ccc(F)cc4)cc3c(C(=O)NCC(F)(F)F)c3cn(C)c(O)c23)cc1. The number of pyridine rings is 1. The topological polar surface area (TPSA) is 85.6 Å². The minimum atomic E-state index is -4.63. The molecule has 0 saturated heterocycles. The predicted octanol–water partition coefficient (Wildman–Crippen LogP) is 6.04. The molecule has 1 amide bonds. The molecule has 0 saturated carbocycles. The smallest absolute Gasteiger partial charge is 0.405 e. The van der Waals surface area contributed by atoms with E-state index in [4.69, 9.17) is 9.47 Å². The highest BCUT2D eigenvalue weighted by atomic mass is 19.4. The van der Waals surface area contributed by atoms with Crippen molar-refractivity contribution in [3.05, 3.63) is 95.1 Å². The van der Waals surface area contributed by atoms with Crippen molar-refractivity contribution < 1.29 is 36.9 Å². The number of nitrogens with zero attached hydrogens (tertiary/aromatic N) is 2. The van der Waals surface area contributed by atoms with Crippen LogP contribution in [-0.4, -0.2) is 40.4 Å². The summed E-state index contributed by atoms with van der Waals surface area (Å²) in [5.41, 5.74) is 2.29. The summed E-state index contributed by atoms with van der Waals surface area (Å²) in [6.07, 6.45) is -1.29. The largest absolute Gasteiger partial charge is 0.497 e. The maximum atomic E-state index is 13.4. The van der Waals surface area contributed by atoms with E-state index >= 15 is 0 Å². The molecule has 0 bridgehead atoms. The number of fused-ring (bicyclic) bond motifs is 2. The van der Waals surface area contributed by atoms with E-state index in [0.29, 0.717) is 17.7 Å². The third-order valence-corrected chi connectivity index (χ3v) is 6.62. The number of amides is 1. The highest BCUT2D eigenvalue weighted by molar-refractivity contribution is 6.21. The van der Waals surface area contributed by atoms with Crippen molar-refractivity contribution in [1.82, 2.24) is 14.9 Å². The Labute approximate surface area is 231 Å². The lowest BCUT2D eigenvalue weighted by Gasteiger charge is -2.16. The summed E-state index contributed by atoms with van der Waals surface area (Å²) in [5.74, 6) is -0.783. The first-order valence-corrected chi connectivity index (χ1v) is 12.5. The molecule has 0 fully saturated rings. The highest BCUT2D eigenvalue weighted by Gasteiger charge is 2.30. The molecule has 2 N–H and O–H groups in total. The summed E-state index contributed by atoms with van der Waals surface area (Å²) >= 11 is 0. The number of rotatable bonds is 8. The van der Waals surface area contributed by atoms with Crippen LogP contribution < -0.4 is 14.8 Å². The molecule has 0 unspecified atom stereocenters. The minimum Gasteiger partial charge on any atom is -0.497 e. The number of hydrogen-bond acceptors (Lipinski definition) is 5. The molecule has 212 valence electrons. The second-order valence-corrected chi connectivity index (χ2v) is 9.53. The van der Waals surface area contributed by atoms with E-state index in [1.54, 1.807) is 55.8 Å². The van der Waals surface area contributed by atoms with Crippen LogP contribution in [0.15, 0.2) is 67.0 Å². The zero-order valence-electron chi connectivity index (χ0n) is 22.1. The van der Waals surface area contributed by atoms with Crippen molar-refractivity contribution >= 4 is 27.6 Å². The Morgan fingerprint density at radius 1 is 1.02 bits per heavy atom. The summed E-state index contributed by atoms with van der Waals surface area (Å²) in [6, 6.07) is 14.6. The Bertz CT molecular complexity index is 1730. The van der Waals surface area contributed by atoms with Gasteiger partial charge in [0.05, 0.1) is 18.1 Å². The third kappa shape index (κ3) is 5.88. The lowest BCUT2D eigenvalue weighted by molar-refractivity contribution is -0.123. The van der Waals surface area contributed by atoms with Gasteiger partial charge >= 0.3 is 6.18 Å². The lowest BCUT2D eigenvalue weighted by Crippen LogP contribution is -2.34. The molecule has 0 spiro atoms. The molecule has 0 aliphatic rings. The number of carbonyl (C=O) groups is 1. The van der Waals surface area contributed by atoms with Gasteiger partial charge in [-0.25, -0.2) is 4.39 Å². The zero-order valence-corrected chi connectivity index (χ0v) is 22.1. The molecule has 41 heavy (non-hydrogen) atoms. The molecular weight excluding hydrogens is 542 g/mol. The van der Waals surface area contributed by atoms with Crippen LogP contribution >= 0.6 is 0 Å². The fraction of sp³-hybridized carbons (Fsp3) is 0.200. The second kappa shape index (κ2) is 11.0. The molecule has 0 radical (unpaired) electrons. The number of aryl methyl sites for hydroxylation is 1. The molecule has 0 aliphatic carbocycles. The number of halogens is 4. The van der Waals surface area contributed by atoms with Gasteiger partial charge in [-0.3, -0.25) is 9.78 Å². The molecule has 5 rings (SSSR count). The molecule has 2 heterocycles. The standard InChI is InChI=1S/C30H25F4N3O4/c1-37-14-23-24(28(38)36-16-30(32,33)34)22-12-19(11-17-3-7-20(31)8-4-17)13-35-26(22)27(25(23)29(37)39)41-15-18-5-9-21(40-2)10-6-18/h3-10,12-14,39H,11,15-16H2,1-2H3,(H,36,38). The van der Waals surface area contributed by atoms with Crippen molar-refractivity contribution in [1.29, 1.82) is 0 Å². The van der Waals surface area contributed by atoms with Crippen molar-refractivity contribution in [2.75, 3.05) is 13.7 Å². The molecule has 5 aromatic rings. The van der Waals surface area contributed by atoms with Crippen LogP contribution in [0.2, 0.25) is 0 Å². The van der Waals surface area contributed by atoms with Gasteiger partial charge < -0.3 is 24.5 Å². The predicted molar refractivity (Wildman–Crippen MR) is 145 cm³/mol. The number of alkyl halides is 3. The summed E-state index contributed by atoms with van der Waals surface area (Å²) in [5, 5.41) is 13.5. The van der Waals surface area contributed by atoms with Gasteiger partial charge in [0.25, 0.3) is 5.91 Å². The van der Waals surface area contributed by atoms with Gasteiger partial charge in [0, 0.05) is 30.2 Å². The van der Waals surface area contributed by atoms with Crippen LogP contribution in [-0.2, 0) is 20.1 Å². The van der Waals surface area contributed by atoms with Crippen molar-refractivity contribution in [3.63, 3.8) is 0 Å². The van der Waals surface area contributed by atoms with Crippen LogP contribution in [0.5, 0.6) is 17.4 Å². The minimum absolute atomic E-state index is 0.0706. The normalized spacial score (nSPS) is 11.7. The van der Waals surface area contributed by atoms with E-state index < -0.39 is 18.6 Å². The van der Waals surface area contributed by atoms with Gasteiger partial charge in [0.1, 0.15) is 30.2 Å². The lowest BCUT2D eigenvalue weighted by atomic mass is 9.97. The van der Waals surface area contributed by atoms with Crippen molar-refractivity contribution in [3.8, 4) is 17.4 Å². The van der Waals surface area contributed by atoms with Gasteiger partial charge in [0.15, 0.2) is 5.75 Å². The molecular formula is C30H25F4N3O4. The van der Waals surface area contributed by atoms with Crippen LogP contribution in [0, 0.1) is 5.82 Å². The highest BCUT2D eigenvalue weighted by Crippen LogP contribution is 2.43. The fourth-order valence-electron chi connectivity index (χ4n) is 4.64. The first-order chi connectivity index (χ1) is 19.5. The van der Waals surface area contributed by atoms with E-state index in [1.165, 1.54) is 29.9 Å². The molecule has 7 nitrogen and oxygen atoms in total. The Morgan fingerprint density at radius 2 is 1.71 bits per heavy atom. The summed E-state index contributed by atoms with van der Waals surface area (Å²) < 4.78 is 65.2.